The molecule has 2 rings (SSSR count). The van der Waals surface area contributed by atoms with Gasteiger partial charge in [0.25, 0.3) is 0 Å². The summed E-state index contributed by atoms with van der Waals surface area (Å²) in [5.74, 6) is -1.14. The van der Waals surface area contributed by atoms with E-state index in [4.69, 9.17) is 4.74 Å². The molecule has 2 N–H and O–H groups in total. The molecule has 3 nitrogen and oxygen atoms in total. The summed E-state index contributed by atoms with van der Waals surface area (Å²) in [6.07, 6.45) is -4.62. The van der Waals surface area contributed by atoms with Crippen molar-refractivity contribution in [3.8, 4) is 5.75 Å². The average Bonchev–Trinajstić information content (AvgIpc) is 2.48. The Morgan fingerprint density at radius 3 is 2.36 bits per heavy atom. The topological polar surface area (TPSA) is 33.3 Å². The lowest BCUT2D eigenvalue weighted by Crippen LogP contribution is -2.22. The predicted molar refractivity (Wildman–Crippen MR) is 74.9 cm³/mol. The standard InChI is InChI=1S/C15H14F4N2O/c1-22-14-8-10(15(17,18)19)7-13(16)12(14)9-20-21-11-5-3-2-4-6-11/h2-8,20-21H,9H2,1H3. The van der Waals surface area contributed by atoms with Gasteiger partial charge in [0.1, 0.15) is 11.6 Å². The largest absolute Gasteiger partial charge is 0.496 e. The molecule has 0 aliphatic heterocycles. The van der Waals surface area contributed by atoms with E-state index in [9.17, 15) is 17.6 Å². The maximum Gasteiger partial charge on any atom is 0.416 e. The van der Waals surface area contributed by atoms with Crippen LogP contribution in [0, 0.1) is 5.82 Å². The zero-order valence-corrected chi connectivity index (χ0v) is 11.7. The number of hydrogen-bond donors (Lipinski definition) is 2. The van der Waals surface area contributed by atoms with E-state index in [1.54, 1.807) is 12.1 Å². The zero-order chi connectivity index (χ0) is 16.2. The van der Waals surface area contributed by atoms with Gasteiger partial charge >= 0.3 is 6.18 Å². The van der Waals surface area contributed by atoms with Crippen LogP contribution >= 0.6 is 0 Å². The maximum absolute atomic E-state index is 13.9. The van der Waals surface area contributed by atoms with Crippen molar-refractivity contribution in [3.63, 3.8) is 0 Å². The quantitative estimate of drug-likeness (QED) is 0.647. The third-order valence-electron chi connectivity index (χ3n) is 2.97. The van der Waals surface area contributed by atoms with Crippen molar-refractivity contribution < 1.29 is 22.3 Å². The molecular formula is C15H14F4N2O. The molecule has 22 heavy (non-hydrogen) atoms. The molecule has 118 valence electrons. The molecule has 0 saturated carbocycles. The second-order valence-electron chi connectivity index (χ2n) is 4.48. The van der Waals surface area contributed by atoms with Crippen LogP contribution in [-0.2, 0) is 12.7 Å². The van der Waals surface area contributed by atoms with E-state index in [0.717, 1.165) is 11.8 Å². The van der Waals surface area contributed by atoms with Crippen LogP contribution in [0.2, 0.25) is 0 Å². The predicted octanol–water partition coefficient (Wildman–Crippen LogP) is 3.97. The fourth-order valence-electron chi connectivity index (χ4n) is 1.88. The summed E-state index contributed by atoms with van der Waals surface area (Å²) in [7, 11) is 1.20. The van der Waals surface area contributed by atoms with Crippen LogP contribution in [0.25, 0.3) is 0 Å². The van der Waals surface area contributed by atoms with E-state index in [1.165, 1.54) is 7.11 Å². The van der Waals surface area contributed by atoms with Gasteiger partial charge in [-0.25, -0.2) is 9.82 Å². The second-order valence-corrected chi connectivity index (χ2v) is 4.48. The fraction of sp³-hybridized carbons (Fsp3) is 0.200. The summed E-state index contributed by atoms with van der Waals surface area (Å²) in [6.45, 7) is -0.0396. The molecule has 0 aliphatic rings. The zero-order valence-electron chi connectivity index (χ0n) is 11.7. The minimum atomic E-state index is -4.62. The minimum absolute atomic E-state index is 0.0129. The molecule has 7 heteroatoms. The molecule has 0 heterocycles. The molecule has 0 saturated heterocycles. The molecule has 0 aromatic heterocycles. The first-order valence-electron chi connectivity index (χ1n) is 6.39. The first-order valence-corrected chi connectivity index (χ1v) is 6.39. The minimum Gasteiger partial charge on any atom is -0.496 e. The number of hydrazine groups is 1. The lowest BCUT2D eigenvalue weighted by atomic mass is 10.1. The number of anilines is 1. The summed E-state index contributed by atoms with van der Waals surface area (Å²) in [4.78, 5) is 0. The van der Waals surface area contributed by atoms with Gasteiger partial charge < -0.3 is 10.2 Å². The van der Waals surface area contributed by atoms with Crippen LogP contribution in [0.5, 0.6) is 5.75 Å². The summed E-state index contributed by atoms with van der Waals surface area (Å²) < 4.78 is 56.7. The molecule has 0 radical (unpaired) electrons. The molecule has 0 unspecified atom stereocenters. The van der Waals surface area contributed by atoms with E-state index in [1.807, 2.05) is 18.2 Å². The van der Waals surface area contributed by atoms with Gasteiger partial charge in [-0.2, -0.15) is 13.2 Å². The first kappa shape index (κ1) is 16.1. The Hall–Kier alpha value is -2.28. The lowest BCUT2D eigenvalue weighted by Gasteiger charge is -2.15. The van der Waals surface area contributed by atoms with Gasteiger partial charge in [0.15, 0.2) is 0 Å². The number of hydrogen-bond acceptors (Lipinski definition) is 3. The highest BCUT2D eigenvalue weighted by molar-refractivity contribution is 5.43. The van der Waals surface area contributed by atoms with Crippen molar-refractivity contribution in [2.45, 2.75) is 12.7 Å². The lowest BCUT2D eigenvalue weighted by molar-refractivity contribution is -0.137. The Morgan fingerprint density at radius 1 is 1.09 bits per heavy atom. The third-order valence-corrected chi connectivity index (χ3v) is 2.97. The van der Waals surface area contributed by atoms with Crippen molar-refractivity contribution in [2.24, 2.45) is 0 Å². The smallest absolute Gasteiger partial charge is 0.416 e. The highest BCUT2D eigenvalue weighted by atomic mass is 19.4. The van der Waals surface area contributed by atoms with Crippen LogP contribution < -0.4 is 15.6 Å². The number of benzene rings is 2. The van der Waals surface area contributed by atoms with Crippen LogP contribution in [0.1, 0.15) is 11.1 Å². The van der Waals surface area contributed by atoms with Crippen molar-refractivity contribution >= 4 is 5.69 Å². The Balaban J connectivity index is 2.13. The summed E-state index contributed by atoms with van der Waals surface area (Å²) >= 11 is 0. The second kappa shape index (κ2) is 6.65. The molecule has 0 spiro atoms. The monoisotopic (exact) mass is 314 g/mol. The third kappa shape index (κ3) is 3.88. The number of halogens is 4. The first-order chi connectivity index (χ1) is 10.4. The van der Waals surface area contributed by atoms with E-state index in [0.29, 0.717) is 6.07 Å². The Bertz CT molecular complexity index is 629. The Labute approximate surface area is 124 Å². The van der Waals surface area contributed by atoms with Crippen LogP contribution in [0.15, 0.2) is 42.5 Å². The maximum atomic E-state index is 13.9. The fourth-order valence-corrected chi connectivity index (χ4v) is 1.88. The van der Waals surface area contributed by atoms with Gasteiger partial charge in [-0.05, 0) is 24.3 Å². The summed E-state index contributed by atoms with van der Waals surface area (Å²) in [5, 5.41) is 0. The highest BCUT2D eigenvalue weighted by Crippen LogP contribution is 2.34. The molecule has 2 aromatic carbocycles. The summed E-state index contributed by atoms with van der Waals surface area (Å²) in [5.41, 5.74) is 5.24. The van der Waals surface area contributed by atoms with Crippen molar-refractivity contribution in [2.75, 3.05) is 12.5 Å². The van der Waals surface area contributed by atoms with Crippen LogP contribution in [0.3, 0.4) is 0 Å². The van der Waals surface area contributed by atoms with Gasteiger partial charge in [0, 0.05) is 17.8 Å². The molecule has 0 amide bonds. The molecule has 0 aliphatic carbocycles. The van der Waals surface area contributed by atoms with Gasteiger partial charge in [-0.15, -0.1) is 0 Å². The number of methoxy groups -OCH3 is 1. The molecular weight excluding hydrogens is 300 g/mol. The number of para-hydroxylation sites is 1. The van der Waals surface area contributed by atoms with Crippen LogP contribution in [0.4, 0.5) is 23.2 Å². The molecule has 0 fully saturated rings. The SMILES string of the molecule is COc1cc(C(F)(F)F)cc(F)c1CNNc1ccccc1. The van der Waals surface area contributed by atoms with Gasteiger partial charge in [0.2, 0.25) is 0 Å². The van der Waals surface area contributed by atoms with Crippen molar-refractivity contribution in [3.05, 3.63) is 59.4 Å². The van der Waals surface area contributed by atoms with Crippen molar-refractivity contribution in [1.82, 2.24) is 5.43 Å². The molecule has 0 atom stereocenters. The van der Waals surface area contributed by atoms with Gasteiger partial charge in [-0.1, -0.05) is 18.2 Å². The number of alkyl halides is 3. The van der Waals surface area contributed by atoms with E-state index in [-0.39, 0.29) is 17.9 Å². The number of nitrogens with one attached hydrogen (secondary N) is 2. The normalized spacial score (nSPS) is 11.3. The molecule has 0 bridgehead atoms. The Morgan fingerprint density at radius 2 is 1.77 bits per heavy atom. The van der Waals surface area contributed by atoms with Crippen LogP contribution in [-0.4, -0.2) is 7.11 Å². The van der Waals surface area contributed by atoms with E-state index in [2.05, 4.69) is 10.9 Å². The number of rotatable bonds is 5. The van der Waals surface area contributed by atoms with E-state index >= 15 is 0 Å². The Kier molecular flexibility index (Phi) is 4.87. The average molecular weight is 314 g/mol. The highest BCUT2D eigenvalue weighted by Gasteiger charge is 2.32. The number of ether oxygens (including phenoxy) is 1. The van der Waals surface area contributed by atoms with Gasteiger partial charge in [-0.3, -0.25) is 0 Å². The summed E-state index contributed by atoms with van der Waals surface area (Å²) in [6, 6.07) is 10.3. The molecule has 2 aromatic rings. The van der Waals surface area contributed by atoms with Crippen molar-refractivity contribution in [1.29, 1.82) is 0 Å². The van der Waals surface area contributed by atoms with Gasteiger partial charge in [0.05, 0.1) is 12.7 Å². The van der Waals surface area contributed by atoms with E-state index < -0.39 is 17.6 Å².